The molecular formula is C23H28N6O3S2. The molecule has 1 aliphatic rings. The van der Waals surface area contributed by atoms with Crippen molar-refractivity contribution in [3.05, 3.63) is 43.8 Å². The molecule has 0 atom stereocenters. The molecule has 0 spiro atoms. The second-order valence-electron chi connectivity index (χ2n) is 7.47. The molecule has 1 fully saturated rings. The zero-order valence-corrected chi connectivity index (χ0v) is 20.9. The van der Waals surface area contributed by atoms with E-state index >= 15 is 0 Å². The van der Waals surface area contributed by atoms with E-state index in [1.165, 1.54) is 4.57 Å². The standard InChI is InChI=1S/C23H28N6O3S2/c1-3-25-21(31)18(13-24)23-29(4-2)22(32)19(34-23)14-26-16-6-5-7-17(12-16)27-20(30)15-28-8-10-33-11-9-28/h5-7,12,14,26H,3-4,8-11,15H2,1-2H3,(H,25,31)(H,27,30). The van der Waals surface area contributed by atoms with Crippen LogP contribution in [0.25, 0.3) is 11.8 Å². The molecule has 2 amide bonds. The van der Waals surface area contributed by atoms with Crippen LogP contribution in [0.3, 0.4) is 0 Å². The average Bonchev–Trinajstić information content (AvgIpc) is 3.14. The molecule has 1 aromatic heterocycles. The van der Waals surface area contributed by atoms with Crippen LogP contribution >= 0.6 is 23.1 Å². The topological polar surface area (TPSA) is 119 Å². The van der Waals surface area contributed by atoms with E-state index in [4.69, 9.17) is 0 Å². The van der Waals surface area contributed by atoms with Gasteiger partial charge in [0.2, 0.25) is 5.91 Å². The van der Waals surface area contributed by atoms with Crippen LogP contribution in [0.1, 0.15) is 13.8 Å². The minimum absolute atomic E-state index is 0.0633. The summed E-state index contributed by atoms with van der Waals surface area (Å²) in [4.78, 5) is 39.6. The SMILES string of the molecule is CCNC(=O)C(C#N)=c1sc(=CNc2cccc(NC(=O)CN3CCSCC3)c2)c(=O)n1CC. The molecule has 2 aromatic rings. The molecule has 0 bridgehead atoms. The van der Waals surface area contributed by atoms with E-state index in [2.05, 4.69) is 20.9 Å². The number of thioether (sulfide) groups is 1. The first kappa shape index (κ1) is 25.6. The molecule has 34 heavy (non-hydrogen) atoms. The number of carbonyl (C=O) groups excluding carboxylic acids is 2. The predicted octanol–water partition coefficient (Wildman–Crippen LogP) is 0.577. The normalized spacial score (nSPS) is 15.4. The Morgan fingerprint density at radius 2 is 1.94 bits per heavy atom. The van der Waals surface area contributed by atoms with Crippen LogP contribution in [0, 0.1) is 11.3 Å². The van der Waals surface area contributed by atoms with Crippen LogP contribution in [0.4, 0.5) is 11.4 Å². The quantitative estimate of drug-likeness (QED) is 0.485. The van der Waals surface area contributed by atoms with E-state index < -0.39 is 5.91 Å². The summed E-state index contributed by atoms with van der Waals surface area (Å²) in [6.45, 7) is 6.46. The third-order valence-corrected chi connectivity index (χ3v) is 7.17. The molecule has 0 aliphatic carbocycles. The van der Waals surface area contributed by atoms with Crippen molar-refractivity contribution in [3.63, 3.8) is 0 Å². The summed E-state index contributed by atoms with van der Waals surface area (Å²) in [5.74, 6) is 1.53. The van der Waals surface area contributed by atoms with Gasteiger partial charge in [0.25, 0.3) is 11.5 Å². The highest BCUT2D eigenvalue weighted by molar-refractivity contribution is 7.99. The van der Waals surface area contributed by atoms with E-state index in [1.807, 2.05) is 36.0 Å². The van der Waals surface area contributed by atoms with Crippen LogP contribution in [0.5, 0.6) is 0 Å². The van der Waals surface area contributed by atoms with Gasteiger partial charge in [-0.2, -0.15) is 17.0 Å². The number of hydrogen-bond acceptors (Lipinski definition) is 8. The minimum atomic E-state index is -0.500. The van der Waals surface area contributed by atoms with Gasteiger partial charge in [0.15, 0.2) is 5.57 Å². The largest absolute Gasteiger partial charge is 0.360 e. The van der Waals surface area contributed by atoms with Gasteiger partial charge in [-0.1, -0.05) is 6.07 Å². The van der Waals surface area contributed by atoms with Gasteiger partial charge in [0.1, 0.15) is 15.3 Å². The summed E-state index contributed by atoms with van der Waals surface area (Å²) >= 11 is 2.99. The second kappa shape index (κ2) is 12.4. The summed E-state index contributed by atoms with van der Waals surface area (Å²) < 4.78 is 2.11. The number of benzene rings is 1. The highest BCUT2D eigenvalue weighted by Gasteiger charge is 2.15. The van der Waals surface area contributed by atoms with Crippen molar-refractivity contribution >= 4 is 58.1 Å². The van der Waals surface area contributed by atoms with Crippen LogP contribution in [-0.4, -0.2) is 59.0 Å². The predicted molar refractivity (Wildman–Crippen MR) is 138 cm³/mol. The molecule has 0 unspecified atom stereocenters. The molecule has 0 saturated carbocycles. The van der Waals surface area contributed by atoms with Gasteiger partial charge in [-0.05, 0) is 32.0 Å². The Labute approximate surface area is 206 Å². The van der Waals surface area contributed by atoms with Crippen molar-refractivity contribution in [1.29, 1.82) is 5.26 Å². The summed E-state index contributed by atoms with van der Waals surface area (Å²) in [5, 5.41) is 18.1. The Bertz CT molecular complexity index is 1250. The Kier molecular flexibility index (Phi) is 9.33. The van der Waals surface area contributed by atoms with Crippen LogP contribution in [0.2, 0.25) is 0 Å². The first-order valence-corrected chi connectivity index (χ1v) is 13.0. The van der Waals surface area contributed by atoms with E-state index in [-0.39, 0.29) is 17.0 Å². The van der Waals surface area contributed by atoms with Crippen molar-refractivity contribution in [1.82, 2.24) is 14.8 Å². The molecule has 1 aromatic carbocycles. The Morgan fingerprint density at radius 1 is 1.21 bits per heavy atom. The summed E-state index contributed by atoms with van der Waals surface area (Å²) in [5.41, 5.74) is 0.986. The fourth-order valence-corrected chi connectivity index (χ4v) is 5.50. The fraction of sp³-hybridized carbons (Fsp3) is 0.391. The number of anilines is 2. The first-order valence-electron chi connectivity index (χ1n) is 11.1. The number of aromatic nitrogens is 1. The summed E-state index contributed by atoms with van der Waals surface area (Å²) in [6.07, 6.45) is 1.56. The van der Waals surface area contributed by atoms with Gasteiger partial charge in [-0.25, -0.2) is 0 Å². The molecule has 1 aliphatic heterocycles. The second-order valence-corrected chi connectivity index (χ2v) is 9.73. The smallest absolute Gasteiger partial charge is 0.270 e. The lowest BCUT2D eigenvalue weighted by molar-refractivity contribution is -0.117. The average molecular weight is 501 g/mol. The molecular weight excluding hydrogens is 472 g/mol. The van der Waals surface area contributed by atoms with E-state index in [0.29, 0.717) is 40.2 Å². The Balaban J connectivity index is 1.80. The van der Waals surface area contributed by atoms with Crippen LogP contribution in [0.15, 0.2) is 29.1 Å². The summed E-state index contributed by atoms with van der Waals surface area (Å²) in [7, 11) is 0. The van der Waals surface area contributed by atoms with Gasteiger partial charge in [-0.15, -0.1) is 11.3 Å². The number of hydrogen-bond donors (Lipinski definition) is 3. The van der Waals surface area contributed by atoms with Crippen molar-refractivity contribution in [2.45, 2.75) is 20.4 Å². The lowest BCUT2D eigenvalue weighted by Gasteiger charge is -2.25. The van der Waals surface area contributed by atoms with Gasteiger partial charge >= 0.3 is 0 Å². The lowest BCUT2D eigenvalue weighted by Crippen LogP contribution is -2.38. The molecule has 9 nitrogen and oxygen atoms in total. The molecule has 11 heteroatoms. The fourth-order valence-electron chi connectivity index (χ4n) is 3.44. The monoisotopic (exact) mass is 500 g/mol. The summed E-state index contributed by atoms with van der Waals surface area (Å²) in [6, 6.07) is 9.15. The molecule has 2 heterocycles. The number of amides is 2. The van der Waals surface area contributed by atoms with E-state index in [1.54, 1.807) is 26.1 Å². The van der Waals surface area contributed by atoms with Gasteiger partial charge in [-0.3, -0.25) is 23.9 Å². The third kappa shape index (κ3) is 6.50. The molecule has 0 radical (unpaired) electrons. The maximum Gasteiger partial charge on any atom is 0.270 e. The van der Waals surface area contributed by atoms with Gasteiger partial charge in [0.05, 0.1) is 6.54 Å². The lowest BCUT2D eigenvalue weighted by atomic mass is 10.2. The maximum atomic E-state index is 12.8. The zero-order valence-electron chi connectivity index (χ0n) is 19.2. The number of rotatable bonds is 8. The molecule has 3 N–H and O–H groups in total. The third-order valence-electron chi connectivity index (χ3n) is 5.10. The van der Waals surface area contributed by atoms with E-state index in [0.717, 1.165) is 35.9 Å². The van der Waals surface area contributed by atoms with Gasteiger partial charge < -0.3 is 16.0 Å². The number of nitriles is 1. The zero-order chi connectivity index (χ0) is 24.5. The van der Waals surface area contributed by atoms with Crippen molar-refractivity contribution < 1.29 is 9.59 Å². The molecule has 180 valence electrons. The Hall–Kier alpha value is -3.07. The number of carbonyl (C=O) groups is 2. The first-order chi connectivity index (χ1) is 16.5. The van der Waals surface area contributed by atoms with Crippen LogP contribution in [-0.2, 0) is 16.1 Å². The highest BCUT2D eigenvalue weighted by atomic mass is 32.2. The maximum absolute atomic E-state index is 12.8. The number of nitrogens with zero attached hydrogens (tertiary/aromatic N) is 3. The molecule has 1 saturated heterocycles. The van der Waals surface area contributed by atoms with Crippen molar-refractivity contribution in [2.24, 2.45) is 0 Å². The molecule has 3 rings (SSSR count). The number of thiazole rings is 1. The minimum Gasteiger partial charge on any atom is -0.360 e. The van der Waals surface area contributed by atoms with Gasteiger partial charge in [0, 0.05) is 55.3 Å². The van der Waals surface area contributed by atoms with E-state index in [9.17, 15) is 19.6 Å². The Morgan fingerprint density at radius 3 is 2.62 bits per heavy atom. The van der Waals surface area contributed by atoms with Crippen molar-refractivity contribution in [3.8, 4) is 6.07 Å². The highest BCUT2D eigenvalue weighted by Crippen LogP contribution is 2.15. The number of nitrogens with one attached hydrogen (secondary N) is 3. The van der Waals surface area contributed by atoms with Crippen molar-refractivity contribution in [2.75, 3.05) is 48.3 Å². The van der Waals surface area contributed by atoms with Crippen LogP contribution < -0.4 is 30.7 Å².